The lowest BCUT2D eigenvalue weighted by Crippen LogP contribution is -2.43. The van der Waals surface area contributed by atoms with E-state index in [0.717, 1.165) is 44.8 Å². The fourth-order valence-electron chi connectivity index (χ4n) is 5.82. The Bertz CT molecular complexity index is 1640. The van der Waals surface area contributed by atoms with Gasteiger partial charge in [-0.1, -0.05) is 12.1 Å². The lowest BCUT2D eigenvalue weighted by atomic mass is 10.0. The lowest BCUT2D eigenvalue weighted by Gasteiger charge is -2.29. The molecule has 2 N–H and O–H groups in total. The SMILES string of the molecule is COc1cc(C(=O)NC2CCN(C)CC2)c(F)cc1Nc1ncc(C(F)(F)F)c(Oc2cccc3c2C(=O)N(C)C32CC2)n1. The van der Waals surface area contributed by atoms with Crippen molar-refractivity contribution in [3.63, 3.8) is 0 Å². The van der Waals surface area contributed by atoms with Gasteiger partial charge in [-0.15, -0.1) is 0 Å². The Morgan fingerprint density at radius 3 is 2.50 bits per heavy atom. The van der Waals surface area contributed by atoms with E-state index in [9.17, 15) is 22.8 Å². The van der Waals surface area contributed by atoms with E-state index in [4.69, 9.17) is 9.47 Å². The summed E-state index contributed by atoms with van der Waals surface area (Å²) >= 11 is 0. The molecule has 3 heterocycles. The number of carbonyl (C=O) groups excluding carboxylic acids is 2. The highest BCUT2D eigenvalue weighted by molar-refractivity contribution is 6.03. The summed E-state index contributed by atoms with van der Waals surface area (Å²) in [6.07, 6.45) is -1.38. The minimum Gasteiger partial charge on any atom is -0.495 e. The standard InChI is InChI=1S/C30H30F4N6O4/c1-39-11-7-16(8-12-39)36-25(41)17-13-23(43-3)21(14-20(17)31)37-28-35-15-19(30(32,33)34)26(38-28)44-22-6-4-5-18-24(22)27(42)40(2)29(18)9-10-29/h4-6,13-16H,7-12H2,1-3H3,(H,36,41)(H,35,37,38). The zero-order valence-electron chi connectivity index (χ0n) is 24.2. The summed E-state index contributed by atoms with van der Waals surface area (Å²) in [6.45, 7) is 1.61. The Kier molecular flexibility index (Phi) is 7.34. The fraction of sp³-hybridized carbons (Fsp3) is 0.400. The molecule has 0 unspecified atom stereocenters. The van der Waals surface area contributed by atoms with Gasteiger partial charge in [0.2, 0.25) is 11.8 Å². The summed E-state index contributed by atoms with van der Waals surface area (Å²) in [4.78, 5) is 37.3. The van der Waals surface area contributed by atoms with Crippen LogP contribution in [0.5, 0.6) is 17.4 Å². The lowest BCUT2D eigenvalue weighted by molar-refractivity contribution is -0.139. The van der Waals surface area contributed by atoms with Crippen LogP contribution in [0.25, 0.3) is 0 Å². The molecule has 0 atom stereocenters. The summed E-state index contributed by atoms with van der Waals surface area (Å²) < 4.78 is 68.1. The van der Waals surface area contributed by atoms with Crippen LogP contribution in [0.4, 0.5) is 29.2 Å². The number of amides is 2. The average molecular weight is 615 g/mol. The number of hydrogen-bond donors (Lipinski definition) is 2. The van der Waals surface area contributed by atoms with E-state index in [1.807, 2.05) is 7.05 Å². The molecular weight excluding hydrogens is 584 g/mol. The third-order valence-electron chi connectivity index (χ3n) is 8.51. The van der Waals surface area contributed by atoms with Crippen LogP contribution in [0, 0.1) is 5.82 Å². The molecule has 44 heavy (non-hydrogen) atoms. The van der Waals surface area contributed by atoms with Crippen molar-refractivity contribution in [3.05, 3.63) is 64.6 Å². The summed E-state index contributed by atoms with van der Waals surface area (Å²) in [7, 11) is 4.94. The molecule has 6 rings (SSSR count). The summed E-state index contributed by atoms with van der Waals surface area (Å²) in [5.74, 6) is -3.06. The Balaban J connectivity index is 1.29. The molecule has 0 bridgehead atoms. The second-order valence-electron chi connectivity index (χ2n) is 11.3. The van der Waals surface area contributed by atoms with E-state index in [0.29, 0.717) is 11.8 Å². The number of hydrogen-bond acceptors (Lipinski definition) is 8. The Morgan fingerprint density at radius 2 is 1.84 bits per heavy atom. The number of halogens is 4. The number of rotatable bonds is 7. The van der Waals surface area contributed by atoms with E-state index < -0.39 is 34.9 Å². The van der Waals surface area contributed by atoms with Gasteiger partial charge in [0, 0.05) is 25.4 Å². The fourth-order valence-corrected chi connectivity index (χ4v) is 5.82. The number of carbonyl (C=O) groups is 2. The number of anilines is 2. The first-order chi connectivity index (χ1) is 20.9. The van der Waals surface area contributed by atoms with Gasteiger partial charge in [-0.05, 0) is 63.5 Å². The maximum atomic E-state index is 15.2. The second-order valence-corrected chi connectivity index (χ2v) is 11.3. The van der Waals surface area contributed by atoms with Gasteiger partial charge in [0.05, 0.1) is 29.5 Å². The van der Waals surface area contributed by atoms with Crippen molar-refractivity contribution in [2.24, 2.45) is 0 Å². The molecule has 232 valence electrons. The highest BCUT2D eigenvalue weighted by Gasteiger charge is 2.57. The minimum atomic E-state index is -4.88. The van der Waals surface area contributed by atoms with Crippen molar-refractivity contribution in [1.82, 2.24) is 25.1 Å². The van der Waals surface area contributed by atoms with Gasteiger partial charge in [-0.25, -0.2) is 9.37 Å². The van der Waals surface area contributed by atoms with Gasteiger partial charge in [0.1, 0.15) is 22.9 Å². The second kappa shape index (κ2) is 10.9. The van der Waals surface area contributed by atoms with Gasteiger partial charge in [-0.2, -0.15) is 18.2 Å². The van der Waals surface area contributed by atoms with Gasteiger partial charge in [0.15, 0.2) is 0 Å². The number of methoxy groups -OCH3 is 1. The van der Waals surface area contributed by atoms with E-state index in [2.05, 4.69) is 25.5 Å². The summed E-state index contributed by atoms with van der Waals surface area (Å²) in [5.41, 5.74) is -1.12. The number of benzene rings is 2. The number of ether oxygens (including phenoxy) is 2. The zero-order chi connectivity index (χ0) is 31.4. The first-order valence-electron chi connectivity index (χ1n) is 14.1. The van der Waals surface area contributed by atoms with Crippen molar-refractivity contribution in [2.45, 2.75) is 43.4 Å². The van der Waals surface area contributed by atoms with Crippen LogP contribution in [-0.4, -0.2) is 71.9 Å². The van der Waals surface area contributed by atoms with Crippen LogP contribution in [0.1, 0.15) is 57.5 Å². The smallest absolute Gasteiger partial charge is 0.423 e. The Labute approximate surface area is 250 Å². The topological polar surface area (TPSA) is 109 Å². The molecule has 3 aliphatic rings. The first-order valence-corrected chi connectivity index (χ1v) is 14.1. The highest BCUT2D eigenvalue weighted by atomic mass is 19.4. The maximum Gasteiger partial charge on any atom is 0.423 e. The molecule has 2 amide bonds. The van der Waals surface area contributed by atoms with Crippen LogP contribution in [0.2, 0.25) is 0 Å². The molecule has 14 heteroatoms. The Morgan fingerprint density at radius 1 is 1.11 bits per heavy atom. The predicted octanol–water partition coefficient (Wildman–Crippen LogP) is 5.08. The molecule has 1 spiro atoms. The molecule has 2 aliphatic heterocycles. The number of nitrogens with zero attached hydrogens (tertiary/aromatic N) is 4. The van der Waals surface area contributed by atoms with Crippen molar-refractivity contribution >= 4 is 23.5 Å². The van der Waals surface area contributed by atoms with E-state index >= 15 is 4.39 Å². The average Bonchev–Trinajstić information content (AvgIpc) is 3.76. The number of aromatic nitrogens is 2. The van der Waals surface area contributed by atoms with E-state index in [1.165, 1.54) is 19.2 Å². The molecule has 1 saturated heterocycles. The number of nitrogens with one attached hydrogen (secondary N) is 2. The molecule has 2 fully saturated rings. The molecule has 1 aromatic heterocycles. The van der Waals surface area contributed by atoms with Gasteiger partial charge >= 0.3 is 6.18 Å². The van der Waals surface area contributed by atoms with Crippen LogP contribution < -0.4 is 20.1 Å². The minimum absolute atomic E-state index is 0.0281. The number of likely N-dealkylation sites (tertiary alicyclic amines) is 1. The van der Waals surface area contributed by atoms with E-state index in [-0.39, 0.29) is 46.2 Å². The monoisotopic (exact) mass is 614 g/mol. The molecule has 3 aromatic rings. The van der Waals surface area contributed by atoms with Crippen LogP contribution >= 0.6 is 0 Å². The van der Waals surface area contributed by atoms with Gasteiger partial charge in [0.25, 0.3) is 11.8 Å². The predicted molar refractivity (Wildman–Crippen MR) is 151 cm³/mol. The number of piperidine rings is 1. The maximum absolute atomic E-state index is 15.2. The van der Waals surface area contributed by atoms with Crippen LogP contribution in [0.3, 0.4) is 0 Å². The zero-order valence-corrected chi connectivity index (χ0v) is 24.2. The van der Waals surface area contributed by atoms with Gasteiger partial charge in [-0.3, -0.25) is 9.59 Å². The van der Waals surface area contributed by atoms with Crippen molar-refractivity contribution in [2.75, 3.05) is 39.6 Å². The van der Waals surface area contributed by atoms with Gasteiger partial charge < -0.3 is 29.9 Å². The molecule has 1 saturated carbocycles. The van der Waals surface area contributed by atoms with E-state index in [1.54, 1.807) is 24.1 Å². The summed E-state index contributed by atoms with van der Waals surface area (Å²) in [5, 5.41) is 5.51. The van der Waals surface area contributed by atoms with Crippen molar-refractivity contribution in [3.8, 4) is 17.4 Å². The third-order valence-corrected chi connectivity index (χ3v) is 8.51. The molecular formula is C30H30F4N6O4. The van der Waals surface area contributed by atoms with Crippen LogP contribution in [-0.2, 0) is 11.7 Å². The molecule has 1 aliphatic carbocycles. The highest BCUT2D eigenvalue weighted by Crippen LogP contribution is 2.57. The Hall–Kier alpha value is -4.46. The number of alkyl halides is 3. The number of fused-ring (bicyclic) bond motifs is 2. The quantitative estimate of drug-likeness (QED) is 0.355. The van der Waals surface area contributed by atoms with Crippen molar-refractivity contribution in [1.29, 1.82) is 0 Å². The van der Waals surface area contributed by atoms with Crippen molar-refractivity contribution < 1.29 is 36.6 Å². The third kappa shape index (κ3) is 5.27. The molecule has 0 radical (unpaired) electrons. The van der Waals surface area contributed by atoms with Crippen LogP contribution in [0.15, 0.2) is 36.5 Å². The molecule has 2 aromatic carbocycles. The largest absolute Gasteiger partial charge is 0.495 e. The summed E-state index contributed by atoms with van der Waals surface area (Å²) in [6, 6.07) is 6.88. The normalized spacial score (nSPS) is 17.9. The molecule has 10 nitrogen and oxygen atoms in total. The first kappa shape index (κ1) is 29.6.